The molecule has 0 saturated carbocycles. The lowest BCUT2D eigenvalue weighted by Gasteiger charge is -2.20. The molecule has 1 aliphatic rings. The van der Waals surface area contributed by atoms with Crippen LogP contribution < -0.4 is 11.1 Å². The number of hydrogen-bond acceptors (Lipinski definition) is 2. The lowest BCUT2D eigenvalue weighted by Crippen LogP contribution is -2.41. The van der Waals surface area contributed by atoms with Crippen LogP contribution in [0.25, 0.3) is 0 Å². The Morgan fingerprint density at radius 1 is 1.42 bits per heavy atom. The van der Waals surface area contributed by atoms with Crippen molar-refractivity contribution in [3.05, 3.63) is 34.9 Å². The Balaban J connectivity index is 0.00000180. The second kappa shape index (κ2) is 5.93. The molecule has 2 rings (SSSR count). The topological polar surface area (TPSA) is 55.1 Å². The highest BCUT2D eigenvalue weighted by molar-refractivity contribution is 5.85. The molecule has 3 nitrogen and oxygen atoms in total. The first kappa shape index (κ1) is 16.0. The molecule has 0 saturated heterocycles. The number of hydrogen-bond donors (Lipinski definition) is 2. The highest BCUT2D eigenvalue weighted by Crippen LogP contribution is 2.29. The summed E-state index contributed by atoms with van der Waals surface area (Å²) >= 11 is 0. The van der Waals surface area contributed by atoms with E-state index < -0.39 is 0 Å². The average Bonchev–Trinajstić information content (AvgIpc) is 2.57. The highest BCUT2D eigenvalue weighted by Gasteiger charge is 2.20. The second-order valence-electron chi connectivity index (χ2n) is 6.15. The quantitative estimate of drug-likeness (QED) is 0.876. The van der Waals surface area contributed by atoms with Crippen molar-refractivity contribution >= 4 is 18.3 Å². The van der Waals surface area contributed by atoms with E-state index in [1.54, 1.807) is 0 Å². The lowest BCUT2D eigenvalue weighted by atomic mass is 10.0. The van der Waals surface area contributed by atoms with Crippen molar-refractivity contribution in [2.75, 3.05) is 0 Å². The zero-order chi connectivity index (χ0) is 13.3. The largest absolute Gasteiger partial charge is 0.351 e. The van der Waals surface area contributed by atoms with Gasteiger partial charge in [0.15, 0.2) is 0 Å². The predicted octanol–water partition coefficient (Wildman–Crippen LogP) is 2.51. The minimum absolute atomic E-state index is 0. The molecule has 1 amide bonds. The second-order valence-corrected chi connectivity index (χ2v) is 6.15. The fraction of sp³-hybridized carbons (Fsp3) is 0.533. The van der Waals surface area contributed by atoms with Crippen LogP contribution in [0.1, 0.15) is 49.9 Å². The third kappa shape index (κ3) is 4.22. The summed E-state index contributed by atoms with van der Waals surface area (Å²) in [6.45, 7) is 5.97. The Morgan fingerprint density at radius 3 is 2.74 bits per heavy atom. The van der Waals surface area contributed by atoms with Crippen LogP contribution in [0.3, 0.4) is 0 Å². The maximum absolute atomic E-state index is 11.9. The third-order valence-corrected chi connectivity index (χ3v) is 3.21. The molecule has 1 atom stereocenters. The molecule has 19 heavy (non-hydrogen) atoms. The molecular formula is C15H23ClN2O. The maximum atomic E-state index is 11.9. The molecule has 0 spiro atoms. The van der Waals surface area contributed by atoms with Gasteiger partial charge in [-0.25, -0.2) is 0 Å². The van der Waals surface area contributed by atoms with Crippen molar-refractivity contribution < 1.29 is 4.79 Å². The summed E-state index contributed by atoms with van der Waals surface area (Å²) < 4.78 is 0. The number of benzene rings is 1. The third-order valence-electron chi connectivity index (χ3n) is 3.21. The fourth-order valence-electron chi connectivity index (χ4n) is 2.44. The van der Waals surface area contributed by atoms with Gasteiger partial charge in [-0.1, -0.05) is 18.2 Å². The number of amides is 1. The summed E-state index contributed by atoms with van der Waals surface area (Å²) in [7, 11) is 0. The minimum Gasteiger partial charge on any atom is -0.351 e. The van der Waals surface area contributed by atoms with Crippen LogP contribution in [0.4, 0.5) is 0 Å². The average molecular weight is 283 g/mol. The normalized spacial score (nSPS) is 17.6. The van der Waals surface area contributed by atoms with Gasteiger partial charge in [-0.15, -0.1) is 12.4 Å². The SMILES string of the molecule is CC(C)(C)NC(=O)Cc1ccc2c(c1)C(N)CC2.Cl. The van der Waals surface area contributed by atoms with E-state index in [0.29, 0.717) is 6.42 Å². The van der Waals surface area contributed by atoms with Gasteiger partial charge < -0.3 is 11.1 Å². The van der Waals surface area contributed by atoms with E-state index in [9.17, 15) is 4.79 Å². The van der Waals surface area contributed by atoms with Crippen molar-refractivity contribution in [2.24, 2.45) is 5.73 Å². The zero-order valence-corrected chi connectivity index (χ0v) is 12.6. The van der Waals surface area contributed by atoms with E-state index in [1.165, 1.54) is 11.1 Å². The van der Waals surface area contributed by atoms with E-state index in [4.69, 9.17) is 5.73 Å². The lowest BCUT2D eigenvalue weighted by molar-refractivity contribution is -0.121. The van der Waals surface area contributed by atoms with Crippen molar-refractivity contribution in [1.82, 2.24) is 5.32 Å². The highest BCUT2D eigenvalue weighted by atomic mass is 35.5. The summed E-state index contributed by atoms with van der Waals surface area (Å²) in [5.41, 5.74) is 9.47. The molecule has 4 heteroatoms. The molecule has 0 heterocycles. The van der Waals surface area contributed by atoms with Crippen molar-refractivity contribution in [3.8, 4) is 0 Å². The van der Waals surface area contributed by atoms with Crippen LogP contribution >= 0.6 is 12.4 Å². The van der Waals surface area contributed by atoms with Crippen LogP contribution in [-0.2, 0) is 17.6 Å². The van der Waals surface area contributed by atoms with Gasteiger partial charge in [-0.2, -0.15) is 0 Å². The molecule has 0 aliphatic heterocycles. The van der Waals surface area contributed by atoms with E-state index in [0.717, 1.165) is 18.4 Å². The molecule has 3 N–H and O–H groups in total. The number of carbonyl (C=O) groups excluding carboxylic acids is 1. The van der Waals surface area contributed by atoms with Gasteiger partial charge in [-0.3, -0.25) is 4.79 Å². The van der Waals surface area contributed by atoms with E-state index in [-0.39, 0.29) is 29.9 Å². The summed E-state index contributed by atoms with van der Waals surface area (Å²) in [6, 6.07) is 6.39. The van der Waals surface area contributed by atoms with E-state index >= 15 is 0 Å². The number of halogens is 1. The number of nitrogens with two attached hydrogens (primary N) is 1. The first-order chi connectivity index (χ1) is 8.35. The Morgan fingerprint density at radius 2 is 2.11 bits per heavy atom. The number of carbonyl (C=O) groups is 1. The van der Waals surface area contributed by atoms with Crippen molar-refractivity contribution in [1.29, 1.82) is 0 Å². The molecule has 1 aromatic rings. The van der Waals surface area contributed by atoms with Gasteiger partial charge >= 0.3 is 0 Å². The van der Waals surface area contributed by atoms with E-state index in [2.05, 4.69) is 17.4 Å². The monoisotopic (exact) mass is 282 g/mol. The van der Waals surface area contributed by atoms with Gasteiger partial charge in [0.25, 0.3) is 0 Å². The Bertz CT molecular complexity index is 466. The molecular weight excluding hydrogens is 260 g/mol. The molecule has 0 aromatic heterocycles. The standard InChI is InChI=1S/C15H22N2O.ClH/c1-15(2,3)17-14(18)9-10-4-5-11-6-7-13(16)12(11)8-10;/h4-5,8,13H,6-7,9,16H2,1-3H3,(H,17,18);1H. The first-order valence-corrected chi connectivity index (χ1v) is 6.53. The molecule has 0 bridgehead atoms. The minimum atomic E-state index is -0.176. The Hall–Kier alpha value is -1.06. The zero-order valence-electron chi connectivity index (χ0n) is 11.8. The fourth-order valence-corrected chi connectivity index (χ4v) is 2.44. The summed E-state index contributed by atoms with van der Waals surface area (Å²) in [5.74, 6) is 0.0639. The Labute approximate surface area is 121 Å². The van der Waals surface area contributed by atoms with Gasteiger partial charge in [0.05, 0.1) is 6.42 Å². The first-order valence-electron chi connectivity index (χ1n) is 6.53. The predicted molar refractivity (Wildman–Crippen MR) is 80.5 cm³/mol. The molecule has 1 aliphatic carbocycles. The molecule has 0 fully saturated rings. The molecule has 1 unspecified atom stereocenters. The van der Waals surface area contributed by atoms with Crippen LogP contribution in [0.5, 0.6) is 0 Å². The summed E-state index contributed by atoms with van der Waals surface area (Å²) in [4.78, 5) is 11.9. The van der Waals surface area contributed by atoms with Gasteiger partial charge in [0, 0.05) is 11.6 Å². The van der Waals surface area contributed by atoms with Crippen molar-refractivity contribution in [2.45, 2.75) is 51.6 Å². The summed E-state index contributed by atoms with van der Waals surface area (Å²) in [5, 5.41) is 2.98. The van der Waals surface area contributed by atoms with Crippen LogP contribution in [-0.4, -0.2) is 11.4 Å². The summed E-state index contributed by atoms with van der Waals surface area (Å²) in [6.07, 6.45) is 2.51. The Kier molecular flexibility index (Phi) is 4.99. The molecule has 0 radical (unpaired) electrons. The smallest absolute Gasteiger partial charge is 0.224 e. The van der Waals surface area contributed by atoms with Crippen molar-refractivity contribution in [3.63, 3.8) is 0 Å². The van der Waals surface area contributed by atoms with Gasteiger partial charge in [0.2, 0.25) is 5.91 Å². The van der Waals surface area contributed by atoms with Gasteiger partial charge in [-0.05, 0) is 50.3 Å². The molecule has 106 valence electrons. The number of rotatable bonds is 2. The van der Waals surface area contributed by atoms with E-state index in [1.807, 2.05) is 26.8 Å². The van der Waals surface area contributed by atoms with Crippen LogP contribution in [0.2, 0.25) is 0 Å². The number of fused-ring (bicyclic) bond motifs is 1. The number of nitrogens with one attached hydrogen (secondary N) is 1. The van der Waals surface area contributed by atoms with Crippen LogP contribution in [0.15, 0.2) is 18.2 Å². The molecule has 1 aromatic carbocycles. The number of aryl methyl sites for hydroxylation is 1. The maximum Gasteiger partial charge on any atom is 0.224 e. The van der Waals surface area contributed by atoms with Gasteiger partial charge in [0.1, 0.15) is 0 Å². The van der Waals surface area contributed by atoms with Crippen LogP contribution in [0, 0.1) is 0 Å².